The van der Waals surface area contributed by atoms with Gasteiger partial charge in [-0.1, -0.05) is 23.7 Å². The van der Waals surface area contributed by atoms with Crippen LogP contribution >= 0.6 is 11.6 Å². The standard InChI is InChI=1S/C19H14ClN5O5/c1-11-8-13(6-7-16(11)30-19-22-9-12(20)10-23-19)24(18(21)27)17(26)14-4-2-3-5-15(14)25(28)29/h2-10H,1H3,(H2,21,27). The highest BCUT2D eigenvalue weighted by Gasteiger charge is 2.29. The van der Waals surface area contributed by atoms with Crippen LogP contribution in [0, 0.1) is 17.0 Å². The number of amides is 3. The van der Waals surface area contributed by atoms with Gasteiger partial charge in [-0.3, -0.25) is 14.9 Å². The first-order valence-corrected chi connectivity index (χ1v) is 8.79. The molecule has 0 aliphatic carbocycles. The summed E-state index contributed by atoms with van der Waals surface area (Å²) >= 11 is 5.74. The van der Waals surface area contributed by atoms with Crippen molar-refractivity contribution in [2.45, 2.75) is 6.92 Å². The Labute approximate surface area is 175 Å². The molecule has 0 radical (unpaired) electrons. The molecule has 0 atom stereocenters. The maximum atomic E-state index is 12.9. The number of benzene rings is 2. The monoisotopic (exact) mass is 427 g/mol. The molecule has 0 aliphatic heterocycles. The summed E-state index contributed by atoms with van der Waals surface area (Å²) in [6.07, 6.45) is 2.74. The van der Waals surface area contributed by atoms with Crippen molar-refractivity contribution in [2.75, 3.05) is 4.90 Å². The normalized spacial score (nSPS) is 10.3. The highest BCUT2D eigenvalue weighted by molar-refractivity contribution is 6.30. The third kappa shape index (κ3) is 4.33. The quantitative estimate of drug-likeness (QED) is 0.481. The van der Waals surface area contributed by atoms with E-state index in [0.29, 0.717) is 21.2 Å². The number of hydrogen-bond donors (Lipinski definition) is 1. The van der Waals surface area contributed by atoms with E-state index >= 15 is 0 Å². The molecule has 3 aromatic rings. The number of nitro groups is 1. The van der Waals surface area contributed by atoms with Crippen LogP contribution in [0.3, 0.4) is 0 Å². The number of carbonyl (C=O) groups is 2. The summed E-state index contributed by atoms with van der Waals surface area (Å²) in [4.78, 5) is 43.9. The van der Waals surface area contributed by atoms with Gasteiger partial charge in [-0.2, -0.15) is 0 Å². The molecule has 0 fully saturated rings. The first kappa shape index (κ1) is 20.7. The molecular weight excluding hydrogens is 414 g/mol. The molecule has 152 valence electrons. The first-order valence-electron chi connectivity index (χ1n) is 8.41. The maximum Gasteiger partial charge on any atom is 0.326 e. The number of ether oxygens (including phenoxy) is 1. The maximum absolute atomic E-state index is 12.9. The SMILES string of the molecule is Cc1cc(N(C(N)=O)C(=O)c2ccccc2[N+](=O)[O-])ccc1Oc1ncc(Cl)cn1. The smallest absolute Gasteiger partial charge is 0.326 e. The van der Waals surface area contributed by atoms with Crippen LogP contribution in [0.5, 0.6) is 11.8 Å². The molecule has 3 amide bonds. The Balaban J connectivity index is 1.94. The molecule has 0 unspecified atom stereocenters. The molecule has 0 saturated carbocycles. The van der Waals surface area contributed by atoms with Gasteiger partial charge in [-0.15, -0.1) is 0 Å². The van der Waals surface area contributed by atoms with E-state index < -0.39 is 22.5 Å². The van der Waals surface area contributed by atoms with E-state index in [9.17, 15) is 19.7 Å². The third-order valence-electron chi connectivity index (χ3n) is 3.97. The number of aryl methyl sites for hydroxylation is 1. The van der Waals surface area contributed by atoms with E-state index in [1.54, 1.807) is 6.92 Å². The summed E-state index contributed by atoms with van der Waals surface area (Å²) < 4.78 is 5.57. The molecule has 10 nitrogen and oxygen atoms in total. The molecule has 1 heterocycles. The molecular formula is C19H14ClN5O5. The summed E-state index contributed by atoms with van der Waals surface area (Å²) in [7, 11) is 0. The Hall–Kier alpha value is -4.05. The van der Waals surface area contributed by atoms with Crippen molar-refractivity contribution in [3.63, 3.8) is 0 Å². The fourth-order valence-electron chi connectivity index (χ4n) is 2.62. The van der Waals surface area contributed by atoms with Crippen LogP contribution in [0.15, 0.2) is 54.9 Å². The lowest BCUT2D eigenvalue weighted by atomic mass is 10.1. The van der Waals surface area contributed by atoms with Crippen molar-refractivity contribution in [1.29, 1.82) is 0 Å². The number of para-hydroxylation sites is 1. The van der Waals surface area contributed by atoms with Crippen molar-refractivity contribution >= 4 is 34.9 Å². The second-order valence-electron chi connectivity index (χ2n) is 5.99. The summed E-state index contributed by atoms with van der Waals surface area (Å²) in [6, 6.07) is 8.63. The predicted molar refractivity (Wildman–Crippen MR) is 108 cm³/mol. The largest absolute Gasteiger partial charge is 0.424 e. The van der Waals surface area contributed by atoms with Gasteiger partial charge in [0.25, 0.3) is 11.6 Å². The van der Waals surface area contributed by atoms with Crippen LogP contribution in [0.1, 0.15) is 15.9 Å². The van der Waals surface area contributed by atoms with Crippen molar-refractivity contribution < 1.29 is 19.2 Å². The van der Waals surface area contributed by atoms with Gasteiger partial charge in [0.2, 0.25) is 0 Å². The van der Waals surface area contributed by atoms with E-state index in [1.165, 1.54) is 54.9 Å². The van der Waals surface area contributed by atoms with Gasteiger partial charge in [0.15, 0.2) is 0 Å². The number of nitrogens with zero attached hydrogens (tertiary/aromatic N) is 4. The minimum Gasteiger partial charge on any atom is -0.424 e. The van der Waals surface area contributed by atoms with Gasteiger partial charge >= 0.3 is 12.0 Å². The van der Waals surface area contributed by atoms with Gasteiger partial charge < -0.3 is 10.5 Å². The first-order chi connectivity index (χ1) is 14.3. The van der Waals surface area contributed by atoms with Crippen LogP contribution in [0.4, 0.5) is 16.2 Å². The Morgan fingerprint density at radius 1 is 1.17 bits per heavy atom. The average molecular weight is 428 g/mol. The molecule has 0 bridgehead atoms. The number of halogens is 1. The topological polar surface area (TPSA) is 142 Å². The predicted octanol–water partition coefficient (Wildman–Crippen LogP) is 3.86. The number of anilines is 1. The van der Waals surface area contributed by atoms with Crippen LogP contribution in [-0.4, -0.2) is 26.8 Å². The molecule has 2 aromatic carbocycles. The van der Waals surface area contributed by atoms with E-state index in [-0.39, 0.29) is 17.3 Å². The van der Waals surface area contributed by atoms with Gasteiger partial charge in [0, 0.05) is 6.07 Å². The lowest BCUT2D eigenvalue weighted by molar-refractivity contribution is -0.385. The Morgan fingerprint density at radius 2 is 1.83 bits per heavy atom. The number of carbonyl (C=O) groups excluding carboxylic acids is 2. The molecule has 11 heteroatoms. The molecule has 0 spiro atoms. The van der Waals surface area contributed by atoms with Crippen LogP contribution in [-0.2, 0) is 0 Å². The van der Waals surface area contributed by atoms with Gasteiger partial charge in [-0.05, 0) is 36.8 Å². The highest BCUT2D eigenvalue weighted by Crippen LogP contribution is 2.29. The van der Waals surface area contributed by atoms with E-state index in [2.05, 4.69) is 9.97 Å². The van der Waals surface area contributed by atoms with Crippen molar-refractivity contribution in [1.82, 2.24) is 9.97 Å². The molecule has 0 aliphatic rings. The van der Waals surface area contributed by atoms with Gasteiger partial charge in [0.1, 0.15) is 11.3 Å². The second kappa shape index (κ2) is 8.53. The third-order valence-corrected chi connectivity index (χ3v) is 4.16. The minimum absolute atomic E-state index is 0.0537. The number of nitrogens with two attached hydrogens (primary N) is 1. The fourth-order valence-corrected chi connectivity index (χ4v) is 2.71. The van der Waals surface area contributed by atoms with Gasteiger partial charge in [-0.25, -0.2) is 19.7 Å². The molecule has 3 rings (SSSR count). The van der Waals surface area contributed by atoms with Crippen LogP contribution in [0.25, 0.3) is 0 Å². The Morgan fingerprint density at radius 3 is 2.43 bits per heavy atom. The zero-order chi connectivity index (χ0) is 21.8. The van der Waals surface area contributed by atoms with Crippen LogP contribution in [0.2, 0.25) is 5.02 Å². The minimum atomic E-state index is -1.09. The van der Waals surface area contributed by atoms with Crippen molar-refractivity contribution in [3.8, 4) is 11.8 Å². The number of imide groups is 1. The highest BCUT2D eigenvalue weighted by atomic mass is 35.5. The lowest BCUT2D eigenvalue weighted by Crippen LogP contribution is -2.41. The van der Waals surface area contributed by atoms with Crippen molar-refractivity contribution in [3.05, 3.63) is 81.1 Å². The molecule has 2 N–H and O–H groups in total. The number of aromatic nitrogens is 2. The number of nitro benzene ring substituents is 1. The zero-order valence-electron chi connectivity index (χ0n) is 15.5. The summed E-state index contributed by atoms with van der Waals surface area (Å²) in [5.41, 5.74) is 5.34. The number of primary amides is 1. The Bertz CT molecular complexity index is 1140. The van der Waals surface area contributed by atoms with E-state index in [4.69, 9.17) is 22.1 Å². The Kier molecular flexibility index (Phi) is 5.88. The molecule has 1 aromatic heterocycles. The molecule has 30 heavy (non-hydrogen) atoms. The average Bonchev–Trinajstić information content (AvgIpc) is 2.71. The second-order valence-corrected chi connectivity index (χ2v) is 6.43. The fraction of sp³-hybridized carbons (Fsp3) is 0.0526. The summed E-state index contributed by atoms with van der Waals surface area (Å²) in [6.45, 7) is 1.67. The van der Waals surface area contributed by atoms with Gasteiger partial charge in [0.05, 0.1) is 28.0 Å². The van der Waals surface area contributed by atoms with E-state index in [0.717, 1.165) is 0 Å². The summed E-state index contributed by atoms with van der Waals surface area (Å²) in [5, 5.41) is 11.6. The summed E-state index contributed by atoms with van der Waals surface area (Å²) in [5.74, 6) is -0.562. The van der Waals surface area contributed by atoms with Crippen LogP contribution < -0.4 is 15.4 Å². The number of hydrogen-bond acceptors (Lipinski definition) is 7. The zero-order valence-corrected chi connectivity index (χ0v) is 16.2. The van der Waals surface area contributed by atoms with E-state index in [1.807, 2.05) is 0 Å². The van der Waals surface area contributed by atoms with Crippen molar-refractivity contribution in [2.24, 2.45) is 5.73 Å². The lowest BCUT2D eigenvalue weighted by Gasteiger charge is -2.20. The number of urea groups is 1. The molecule has 0 saturated heterocycles. The number of rotatable bonds is 5.